The fourth-order valence-corrected chi connectivity index (χ4v) is 4.93. The molecule has 0 saturated carbocycles. The minimum Gasteiger partial charge on any atom is -0.420 e. The number of hydrogen-bond donors (Lipinski definition) is 1. The molecule has 0 radical (unpaired) electrons. The number of hydrogen-bond acceptors (Lipinski definition) is 6. The highest BCUT2D eigenvalue weighted by atomic mass is 32.2. The molecule has 0 amide bonds. The van der Waals surface area contributed by atoms with Crippen LogP contribution in [0.1, 0.15) is 22.6 Å². The number of rotatable bonds is 6. The van der Waals surface area contributed by atoms with E-state index in [0.29, 0.717) is 23.1 Å². The first-order valence-corrected chi connectivity index (χ1v) is 10.2. The average Bonchev–Trinajstić information content (AvgIpc) is 3.16. The smallest absolute Gasteiger partial charge is 0.257 e. The maximum absolute atomic E-state index is 12.6. The van der Waals surface area contributed by atoms with Gasteiger partial charge in [-0.2, -0.15) is 0 Å². The zero-order valence-electron chi connectivity index (χ0n) is 14.2. The summed E-state index contributed by atoms with van der Waals surface area (Å²) in [6.45, 7) is 5.76. The van der Waals surface area contributed by atoms with Crippen LogP contribution in [0.2, 0.25) is 0 Å². The lowest BCUT2D eigenvalue weighted by Crippen LogP contribution is -2.27. The van der Waals surface area contributed by atoms with Crippen LogP contribution in [-0.4, -0.2) is 25.2 Å². The molecule has 0 atom stereocenters. The Morgan fingerprint density at radius 1 is 1.16 bits per heavy atom. The largest absolute Gasteiger partial charge is 0.420 e. The molecule has 132 valence electrons. The highest BCUT2D eigenvalue weighted by Crippen LogP contribution is 2.23. The second-order valence-corrected chi connectivity index (χ2v) is 8.51. The van der Waals surface area contributed by atoms with E-state index in [4.69, 9.17) is 4.42 Å². The van der Waals surface area contributed by atoms with Gasteiger partial charge in [0.05, 0.1) is 9.77 Å². The molecule has 2 aromatic heterocycles. The lowest BCUT2D eigenvalue weighted by atomic mass is 10.1. The van der Waals surface area contributed by atoms with Gasteiger partial charge in [0.15, 0.2) is 0 Å². The molecule has 25 heavy (non-hydrogen) atoms. The number of nitrogens with one attached hydrogen (secondary N) is 1. The standard InChI is InChI=1S/C17H19N3O3S2/c1-11-9-12(2)16(13(3)10-11)25(21,22)18-7-6-15-19-20-17(23-15)14-5-4-8-24-14/h4-5,8-10,18H,6-7H2,1-3H3. The SMILES string of the molecule is Cc1cc(C)c(S(=O)(=O)NCCc2nnc(-c3cccs3)o2)c(C)c1. The van der Waals surface area contributed by atoms with Gasteiger partial charge in [0.1, 0.15) is 0 Å². The molecule has 1 N–H and O–H groups in total. The third-order valence-corrected chi connectivity index (χ3v) is 6.33. The van der Waals surface area contributed by atoms with Crippen LogP contribution in [0, 0.1) is 20.8 Å². The number of aromatic nitrogens is 2. The quantitative estimate of drug-likeness (QED) is 0.713. The van der Waals surface area contributed by atoms with E-state index in [1.165, 1.54) is 11.3 Å². The van der Waals surface area contributed by atoms with Gasteiger partial charge in [-0.25, -0.2) is 13.1 Å². The molecule has 6 nitrogen and oxygen atoms in total. The van der Waals surface area contributed by atoms with Crippen LogP contribution < -0.4 is 4.72 Å². The highest BCUT2D eigenvalue weighted by Gasteiger charge is 2.20. The Bertz CT molecular complexity index is 953. The number of thiophene rings is 1. The molecule has 0 saturated heterocycles. The average molecular weight is 377 g/mol. The molecule has 0 aliphatic carbocycles. The summed E-state index contributed by atoms with van der Waals surface area (Å²) in [6, 6.07) is 7.54. The van der Waals surface area contributed by atoms with Crippen LogP contribution in [0.15, 0.2) is 39.0 Å². The molecule has 0 unspecified atom stereocenters. The van der Waals surface area contributed by atoms with Crippen LogP contribution in [-0.2, 0) is 16.4 Å². The first kappa shape index (κ1) is 17.8. The van der Waals surface area contributed by atoms with Crippen molar-refractivity contribution in [3.63, 3.8) is 0 Å². The van der Waals surface area contributed by atoms with Crippen LogP contribution in [0.4, 0.5) is 0 Å². The summed E-state index contributed by atoms with van der Waals surface area (Å²) in [5.41, 5.74) is 2.52. The van der Waals surface area contributed by atoms with Gasteiger partial charge in [-0.15, -0.1) is 21.5 Å². The third kappa shape index (κ3) is 3.97. The molecule has 3 aromatic rings. The lowest BCUT2D eigenvalue weighted by Gasteiger charge is -2.12. The van der Waals surface area contributed by atoms with Gasteiger partial charge in [0, 0.05) is 13.0 Å². The molecule has 3 rings (SSSR count). The van der Waals surface area contributed by atoms with Crippen molar-refractivity contribution in [2.75, 3.05) is 6.54 Å². The maximum atomic E-state index is 12.6. The topological polar surface area (TPSA) is 85.1 Å². The van der Waals surface area contributed by atoms with Gasteiger partial charge in [0.2, 0.25) is 15.9 Å². The maximum Gasteiger partial charge on any atom is 0.257 e. The molecule has 2 heterocycles. The molecular formula is C17H19N3O3S2. The monoisotopic (exact) mass is 377 g/mol. The molecule has 8 heteroatoms. The fraction of sp³-hybridized carbons (Fsp3) is 0.294. The molecule has 0 aliphatic heterocycles. The van der Waals surface area contributed by atoms with Gasteiger partial charge in [-0.1, -0.05) is 23.8 Å². The van der Waals surface area contributed by atoms with Crippen molar-refractivity contribution >= 4 is 21.4 Å². The van der Waals surface area contributed by atoms with Crippen LogP contribution in [0.5, 0.6) is 0 Å². The van der Waals surface area contributed by atoms with Crippen LogP contribution in [0.3, 0.4) is 0 Å². The van der Waals surface area contributed by atoms with Crippen molar-refractivity contribution in [3.8, 4) is 10.8 Å². The van der Waals surface area contributed by atoms with E-state index in [2.05, 4.69) is 14.9 Å². The van der Waals surface area contributed by atoms with Crippen molar-refractivity contribution in [1.82, 2.24) is 14.9 Å². The minimum absolute atomic E-state index is 0.196. The third-order valence-electron chi connectivity index (χ3n) is 3.70. The van der Waals surface area contributed by atoms with Gasteiger partial charge < -0.3 is 4.42 Å². The Morgan fingerprint density at radius 3 is 2.52 bits per heavy atom. The van der Waals surface area contributed by atoms with E-state index in [1.807, 2.05) is 36.6 Å². The van der Waals surface area contributed by atoms with Gasteiger partial charge in [-0.3, -0.25) is 0 Å². The van der Waals surface area contributed by atoms with Gasteiger partial charge >= 0.3 is 0 Å². The zero-order valence-corrected chi connectivity index (χ0v) is 15.9. The normalized spacial score (nSPS) is 11.8. The summed E-state index contributed by atoms with van der Waals surface area (Å²) in [5.74, 6) is 0.863. The zero-order chi connectivity index (χ0) is 18.0. The molecule has 1 aromatic carbocycles. The van der Waals surface area contributed by atoms with Crippen molar-refractivity contribution in [3.05, 3.63) is 52.2 Å². The van der Waals surface area contributed by atoms with Crippen molar-refractivity contribution in [1.29, 1.82) is 0 Å². The first-order valence-electron chi connectivity index (χ1n) is 7.80. The fourth-order valence-electron chi connectivity index (χ4n) is 2.81. The van der Waals surface area contributed by atoms with E-state index < -0.39 is 10.0 Å². The summed E-state index contributed by atoms with van der Waals surface area (Å²) in [6.07, 6.45) is 0.335. The summed E-state index contributed by atoms with van der Waals surface area (Å²) < 4.78 is 33.4. The van der Waals surface area contributed by atoms with Gasteiger partial charge in [-0.05, 0) is 43.3 Å². The summed E-state index contributed by atoms with van der Waals surface area (Å²) in [4.78, 5) is 1.23. The lowest BCUT2D eigenvalue weighted by molar-refractivity contribution is 0.502. The van der Waals surface area contributed by atoms with Crippen molar-refractivity contribution < 1.29 is 12.8 Å². The van der Waals surface area contributed by atoms with E-state index in [0.717, 1.165) is 21.6 Å². The molecule has 0 fully saturated rings. The number of aryl methyl sites for hydroxylation is 3. The van der Waals surface area contributed by atoms with E-state index in [-0.39, 0.29) is 6.54 Å². The predicted molar refractivity (Wildman–Crippen MR) is 97.2 cm³/mol. The molecule has 0 aliphatic rings. The molecular weight excluding hydrogens is 358 g/mol. The Morgan fingerprint density at radius 2 is 1.88 bits per heavy atom. The van der Waals surface area contributed by atoms with Crippen LogP contribution in [0.25, 0.3) is 10.8 Å². The number of nitrogens with zero attached hydrogens (tertiary/aromatic N) is 2. The highest BCUT2D eigenvalue weighted by molar-refractivity contribution is 7.89. The number of benzene rings is 1. The summed E-state index contributed by atoms with van der Waals surface area (Å²) in [5, 5.41) is 9.88. The van der Waals surface area contributed by atoms with Crippen molar-refractivity contribution in [2.24, 2.45) is 0 Å². The molecule has 0 bridgehead atoms. The first-order chi connectivity index (χ1) is 11.9. The Labute approximate surface area is 151 Å². The van der Waals surface area contributed by atoms with Crippen LogP contribution >= 0.6 is 11.3 Å². The minimum atomic E-state index is -3.58. The summed E-state index contributed by atoms with van der Waals surface area (Å²) >= 11 is 1.51. The van der Waals surface area contributed by atoms with Gasteiger partial charge in [0.25, 0.3) is 5.89 Å². The summed E-state index contributed by atoms with van der Waals surface area (Å²) in [7, 11) is -3.58. The van der Waals surface area contributed by atoms with E-state index in [1.54, 1.807) is 13.8 Å². The van der Waals surface area contributed by atoms with Crippen molar-refractivity contribution in [2.45, 2.75) is 32.1 Å². The van der Waals surface area contributed by atoms with E-state index >= 15 is 0 Å². The number of sulfonamides is 1. The Kier molecular flexibility index (Phi) is 5.03. The Balaban J connectivity index is 1.67. The van der Waals surface area contributed by atoms with E-state index in [9.17, 15) is 8.42 Å². The Hall–Kier alpha value is -2.03. The molecule has 0 spiro atoms. The predicted octanol–water partition coefficient (Wildman–Crippen LogP) is 3.24. The second kappa shape index (κ2) is 7.07. The second-order valence-electron chi connectivity index (χ2n) is 5.85.